The fraction of sp³-hybridized carbons (Fsp3) is 0.355. The van der Waals surface area contributed by atoms with E-state index in [1.54, 1.807) is 54.9 Å². The zero-order valence-corrected chi connectivity index (χ0v) is 22.3. The lowest BCUT2D eigenvalue weighted by atomic mass is 9.79. The van der Waals surface area contributed by atoms with Gasteiger partial charge in [0.15, 0.2) is 0 Å². The number of carbonyl (C=O) groups excluding carboxylic acids is 2. The van der Waals surface area contributed by atoms with Gasteiger partial charge in [-0.15, -0.1) is 0 Å². The molecule has 8 nitrogen and oxygen atoms in total. The highest BCUT2D eigenvalue weighted by Gasteiger charge is 2.36. The van der Waals surface area contributed by atoms with Crippen LogP contribution in [0.25, 0.3) is 0 Å². The van der Waals surface area contributed by atoms with Gasteiger partial charge in [0.2, 0.25) is 0 Å². The lowest BCUT2D eigenvalue weighted by molar-refractivity contribution is -0.00817. The van der Waals surface area contributed by atoms with Crippen molar-refractivity contribution in [1.82, 2.24) is 9.99 Å². The first-order chi connectivity index (χ1) is 18.9. The van der Waals surface area contributed by atoms with Gasteiger partial charge in [0.25, 0.3) is 0 Å². The summed E-state index contributed by atoms with van der Waals surface area (Å²) in [6, 6.07) is 16.4. The Morgan fingerprint density at radius 1 is 1.03 bits per heavy atom. The Balaban J connectivity index is 1.40. The van der Waals surface area contributed by atoms with Gasteiger partial charge in [0, 0.05) is 29.9 Å². The molecule has 0 saturated heterocycles. The van der Waals surface area contributed by atoms with Crippen molar-refractivity contribution in [3.63, 3.8) is 0 Å². The van der Waals surface area contributed by atoms with Crippen molar-refractivity contribution in [1.29, 1.82) is 0 Å². The number of para-hydroxylation sites is 2. The summed E-state index contributed by atoms with van der Waals surface area (Å²) in [6.07, 6.45) is 7.74. The first kappa shape index (κ1) is 26.4. The van der Waals surface area contributed by atoms with Crippen molar-refractivity contribution in [2.24, 2.45) is 16.9 Å². The number of ether oxygens (including phenoxy) is 1. The minimum atomic E-state index is -0.533. The normalized spacial score (nSPS) is 20.9. The largest absolute Gasteiger partial charge is 0.508 e. The Labute approximate surface area is 228 Å². The van der Waals surface area contributed by atoms with Crippen molar-refractivity contribution < 1.29 is 19.4 Å². The van der Waals surface area contributed by atoms with Crippen LogP contribution >= 0.6 is 0 Å². The molecule has 3 aromatic rings. The topological polar surface area (TPSA) is 104 Å². The number of rotatable bonds is 6. The van der Waals surface area contributed by atoms with Crippen molar-refractivity contribution in [3.05, 3.63) is 89.7 Å². The Morgan fingerprint density at radius 2 is 1.79 bits per heavy atom. The number of phenols is 1. The summed E-state index contributed by atoms with van der Waals surface area (Å²) in [5.41, 5.74) is 2.71. The Kier molecular flexibility index (Phi) is 7.91. The molecule has 39 heavy (non-hydrogen) atoms. The van der Waals surface area contributed by atoms with E-state index >= 15 is 0 Å². The van der Waals surface area contributed by atoms with Crippen LogP contribution in [0.5, 0.6) is 5.75 Å². The number of carbonyl (C=O) groups is 2. The molecule has 0 spiro atoms. The lowest BCUT2D eigenvalue weighted by Gasteiger charge is -2.33. The number of benzene rings is 2. The fourth-order valence-corrected chi connectivity index (χ4v) is 5.60. The van der Waals surface area contributed by atoms with Crippen molar-refractivity contribution in [2.45, 2.75) is 58.1 Å². The molecule has 1 saturated carbocycles. The molecule has 5 rings (SSSR count). The van der Waals surface area contributed by atoms with Gasteiger partial charge in [-0.1, -0.05) is 56.7 Å². The highest BCUT2D eigenvalue weighted by molar-refractivity contribution is 6.05. The van der Waals surface area contributed by atoms with Gasteiger partial charge in [0.1, 0.15) is 11.9 Å². The van der Waals surface area contributed by atoms with Gasteiger partial charge < -0.3 is 15.2 Å². The van der Waals surface area contributed by atoms with E-state index in [1.165, 1.54) is 5.01 Å². The SMILES string of the molecule is CC(C)[C@H]1CCCCC1OC(=O)c1ccccc1NC(=O)N1N=C(c2cccnc2)CC1c1ccccc1O. The molecule has 8 heteroatoms. The summed E-state index contributed by atoms with van der Waals surface area (Å²) < 4.78 is 6.01. The number of anilines is 1. The summed E-state index contributed by atoms with van der Waals surface area (Å²) in [6.45, 7) is 4.34. The van der Waals surface area contributed by atoms with Crippen LogP contribution in [0.3, 0.4) is 0 Å². The Morgan fingerprint density at radius 3 is 2.56 bits per heavy atom. The number of aromatic hydroxyl groups is 1. The predicted octanol–water partition coefficient (Wildman–Crippen LogP) is 6.54. The van der Waals surface area contributed by atoms with Crippen LogP contribution in [0.2, 0.25) is 0 Å². The number of hydrogen-bond donors (Lipinski definition) is 2. The second-order valence-corrected chi connectivity index (χ2v) is 10.5. The molecule has 2 N–H and O–H groups in total. The molecular weight excluding hydrogens is 492 g/mol. The maximum Gasteiger partial charge on any atom is 0.342 e. The number of amides is 2. The number of esters is 1. The van der Waals surface area contributed by atoms with Crippen LogP contribution in [0, 0.1) is 11.8 Å². The van der Waals surface area contributed by atoms with E-state index in [4.69, 9.17) is 4.74 Å². The van der Waals surface area contributed by atoms with E-state index in [0.29, 0.717) is 40.8 Å². The van der Waals surface area contributed by atoms with E-state index < -0.39 is 18.0 Å². The number of aromatic nitrogens is 1. The maximum atomic E-state index is 13.7. The summed E-state index contributed by atoms with van der Waals surface area (Å²) in [4.78, 5) is 31.1. The fourth-order valence-electron chi connectivity index (χ4n) is 5.60. The van der Waals surface area contributed by atoms with Crippen LogP contribution < -0.4 is 5.32 Å². The molecule has 2 aliphatic rings. The van der Waals surface area contributed by atoms with Crippen molar-refractivity contribution >= 4 is 23.4 Å². The van der Waals surface area contributed by atoms with Crippen LogP contribution in [0.4, 0.5) is 10.5 Å². The molecule has 1 aliphatic heterocycles. The summed E-state index contributed by atoms with van der Waals surface area (Å²) in [7, 11) is 0. The molecule has 1 aliphatic carbocycles. The molecule has 2 unspecified atom stereocenters. The number of nitrogens with one attached hydrogen (secondary N) is 1. The quantitative estimate of drug-likeness (QED) is 0.355. The van der Waals surface area contributed by atoms with Crippen LogP contribution in [-0.4, -0.2) is 38.9 Å². The number of phenolic OH excluding ortho intramolecular Hbond substituents is 1. The summed E-state index contributed by atoms with van der Waals surface area (Å²) in [5, 5.41) is 19.4. The van der Waals surface area contributed by atoms with E-state index in [0.717, 1.165) is 31.2 Å². The van der Waals surface area contributed by atoms with Gasteiger partial charge in [-0.3, -0.25) is 4.98 Å². The Bertz CT molecular complexity index is 1360. The molecule has 202 valence electrons. The third-order valence-corrected chi connectivity index (χ3v) is 7.67. The molecule has 2 heterocycles. The molecule has 2 aromatic carbocycles. The molecule has 1 aromatic heterocycles. The van der Waals surface area contributed by atoms with Crippen molar-refractivity contribution in [3.8, 4) is 5.75 Å². The van der Waals surface area contributed by atoms with Crippen LogP contribution in [-0.2, 0) is 4.74 Å². The Hall–Kier alpha value is -4.20. The van der Waals surface area contributed by atoms with E-state index in [9.17, 15) is 14.7 Å². The molecule has 2 amide bonds. The van der Waals surface area contributed by atoms with Gasteiger partial charge >= 0.3 is 12.0 Å². The smallest absolute Gasteiger partial charge is 0.342 e. The summed E-state index contributed by atoms with van der Waals surface area (Å²) in [5.74, 6) is 0.390. The second-order valence-electron chi connectivity index (χ2n) is 10.5. The number of nitrogens with zero attached hydrogens (tertiary/aromatic N) is 3. The van der Waals surface area contributed by atoms with Gasteiger partial charge in [-0.2, -0.15) is 5.10 Å². The van der Waals surface area contributed by atoms with Gasteiger partial charge in [-0.25, -0.2) is 14.6 Å². The third-order valence-electron chi connectivity index (χ3n) is 7.67. The van der Waals surface area contributed by atoms with E-state index in [2.05, 4.69) is 29.2 Å². The number of pyridine rings is 1. The van der Waals surface area contributed by atoms with E-state index in [-0.39, 0.29) is 11.9 Å². The average molecular weight is 527 g/mol. The van der Waals surface area contributed by atoms with Crippen LogP contribution in [0.1, 0.15) is 73.5 Å². The third kappa shape index (κ3) is 5.79. The molecule has 0 bridgehead atoms. The highest BCUT2D eigenvalue weighted by Crippen LogP contribution is 2.38. The predicted molar refractivity (Wildman–Crippen MR) is 150 cm³/mol. The number of urea groups is 1. The first-order valence-corrected chi connectivity index (χ1v) is 13.6. The maximum absolute atomic E-state index is 13.7. The second kappa shape index (κ2) is 11.7. The van der Waals surface area contributed by atoms with E-state index in [1.807, 2.05) is 18.2 Å². The lowest BCUT2D eigenvalue weighted by Crippen LogP contribution is -2.34. The summed E-state index contributed by atoms with van der Waals surface area (Å²) >= 11 is 0. The highest BCUT2D eigenvalue weighted by atomic mass is 16.5. The van der Waals surface area contributed by atoms with Crippen LogP contribution in [0.15, 0.2) is 78.2 Å². The standard InChI is InChI=1S/C31H34N4O4/c1-20(2)22-11-5-8-16-29(22)39-30(37)23-12-3-6-14-25(23)33-31(38)35-27(24-13-4-7-15-28(24)36)18-26(34-35)21-10-9-17-32-19-21/h3-4,6-7,9-10,12-15,17,19-20,22,27,29,36H,5,8,11,16,18H2,1-2H3,(H,33,38)/t22-,27?,29?/m1/s1. The molecule has 1 fully saturated rings. The van der Waals surface area contributed by atoms with Gasteiger partial charge in [-0.05, 0) is 55.4 Å². The molecule has 3 atom stereocenters. The number of hydrogen-bond acceptors (Lipinski definition) is 6. The molecule has 0 radical (unpaired) electrons. The average Bonchev–Trinajstić information content (AvgIpc) is 3.40. The molecular formula is C31H34N4O4. The number of hydrazone groups is 1. The zero-order valence-electron chi connectivity index (χ0n) is 22.3. The van der Waals surface area contributed by atoms with Crippen molar-refractivity contribution in [2.75, 3.05) is 5.32 Å². The van der Waals surface area contributed by atoms with Gasteiger partial charge in [0.05, 0.1) is 23.0 Å². The zero-order chi connectivity index (χ0) is 27.4. The minimum absolute atomic E-state index is 0.0825. The first-order valence-electron chi connectivity index (χ1n) is 13.6. The minimum Gasteiger partial charge on any atom is -0.508 e. The monoisotopic (exact) mass is 526 g/mol.